The Labute approximate surface area is 100 Å². The van der Waals surface area contributed by atoms with Gasteiger partial charge in [0.1, 0.15) is 0 Å². The van der Waals surface area contributed by atoms with Crippen LogP contribution in [0.5, 0.6) is 0 Å². The number of carbonyl (C=O) groups is 2. The number of amides is 3. The summed E-state index contributed by atoms with van der Waals surface area (Å²) in [5.74, 6) is -0.389. The summed E-state index contributed by atoms with van der Waals surface area (Å²) in [6.07, 6.45) is -4.39. The third-order valence-electron chi connectivity index (χ3n) is 2.56. The summed E-state index contributed by atoms with van der Waals surface area (Å²) in [4.78, 5) is 23.5. The monoisotopic (exact) mass is 258 g/mol. The van der Waals surface area contributed by atoms with Crippen LogP contribution in [0.1, 0.15) is 11.1 Å². The van der Waals surface area contributed by atoms with E-state index in [1.165, 1.54) is 12.1 Å². The largest absolute Gasteiger partial charge is 0.416 e. The summed E-state index contributed by atoms with van der Waals surface area (Å²) >= 11 is 0. The first kappa shape index (κ1) is 12.4. The minimum absolute atomic E-state index is 0.0250. The summed E-state index contributed by atoms with van der Waals surface area (Å²) in [5, 5.41) is 2.33. The molecule has 0 spiro atoms. The normalized spacial score (nSPS) is 16.1. The van der Waals surface area contributed by atoms with Crippen molar-refractivity contribution in [2.24, 2.45) is 0 Å². The van der Waals surface area contributed by atoms with Crippen LogP contribution in [0.15, 0.2) is 24.3 Å². The van der Waals surface area contributed by atoms with Crippen LogP contribution in [-0.4, -0.2) is 23.4 Å². The van der Waals surface area contributed by atoms with Crippen LogP contribution in [0.25, 0.3) is 0 Å². The maximum absolute atomic E-state index is 12.3. The topological polar surface area (TPSA) is 49.4 Å². The smallest absolute Gasteiger partial charge is 0.329 e. The maximum atomic E-state index is 12.3. The van der Waals surface area contributed by atoms with Gasteiger partial charge in [0, 0.05) is 0 Å². The number of hydrogen-bond donors (Lipinski definition) is 1. The summed E-state index contributed by atoms with van der Waals surface area (Å²) in [7, 11) is 0. The van der Waals surface area contributed by atoms with Gasteiger partial charge in [-0.15, -0.1) is 0 Å². The van der Waals surface area contributed by atoms with Crippen LogP contribution in [0.3, 0.4) is 0 Å². The number of carbonyl (C=O) groups excluding carboxylic acids is 2. The maximum Gasteiger partial charge on any atom is 0.416 e. The number of nitrogens with zero attached hydrogens (tertiary/aromatic N) is 1. The van der Waals surface area contributed by atoms with Crippen molar-refractivity contribution in [3.8, 4) is 0 Å². The molecule has 0 atom stereocenters. The van der Waals surface area contributed by atoms with Crippen molar-refractivity contribution < 1.29 is 22.8 Å². The summed E-state index contributed by atoms with van der Waals surface area (Å²) in [5.41, 5.74) is -0.295. The van der Waals surface area contributed by atoms with Crippen LogP contribution < -0.4 is 5.32 Å². The molecule has 1 fully saturated rings. The molecule has 2 rings (SSSR count). The molecule has 1 aliphatic heterocycles. The fourth-order valence-corrected chi connectivity index (χ4v) is 1.60. The molecule has 0 radical (unpaired) electrons. The molecule has 1 aliphatic rings. The van der Waals surface area contributed by atoms with Gasteiger partial charge in [-0.3, -0.25) is 9.69 Å². The minimum Gasteiger partial charge on any atom is -0.329 e. The fourth-order valence-electron chi connectivity index (χ4n) is 1.60. The molecule has 1 heterocycles. The first-order chi connectivity index (χ1) is 8.38. The molecule has 1 N–H and O–H groups in total. The quantitative estimate of drug-likeness (QED) is 0.822. The third-order valence-corrected chi connectivity index (χ3v) is 2.56. The lowest BCUT2D eigenvalue weighted by atomic mass is 10.1. The average Bonchev–Trinajstić information content (AvgIpc) is 2.60. The Balaban J connectivity index is 2.11. The van der Waals surface area contributed by atoms with E-state index in [2.05, 4.69) is 5.32 Å². The molecule has 0 aromatic heterocycles. The van der Waals surface area contributed by atoms with Gasteiger partial charge in [0.15, 0.2) is 0 Å². The predicted molar refractivity (Wildman–Crippen MR) is 55.4 cm³/mol. The van der Waals surface area contributed by atoms with E-state index in [0.29, 0.717) is 5.56 Å². The zero-order chi connectivity index (χ0) is 13.3. The predicted octanol–water partition coefficient (Wildman–Crippen LogP) is 1.76. The molecule has 18 heavy (non-hydrogen) atoms. The highest BCUT2D eigenvalue weighted by atomic mass is 19.4. The number of rotatable bonds is 2. The van der Waals surface area contributed by atoms with E-state index in [4.69, 9.17) is 0 Å². The highest BCUT2D eigenvalue weighted by Crippen LogP contribution is 2.29. The van der Waals surface area contributed by atoms with Gasteiger partial charge in [-0.25, -0.2) is 4.79 Å². The van der Waals surface area contributed by atoms with E-state index >= 15 is 0 Å². The Kier molecular flexibility index (Phi) is 2.98. The molecule has 1 aromatic carbocycles. The molecule has 7 heteroatoms. The Morgan fingerprint density at radius 1 is 1.17 bits per heavy atom. The first-order valence-corrected chi connectivity index (χ1v) is 5.12. The molecule has 1 saturated heterocycles. The number of halogens is 3. The average molecular weight is 258 g/mol. The molecular weight excluding hydrogens is 249 g/mol. The number of benzene rings is 1. The van der Waals surface area contributed by atoms with E-state index in [0.717, 1.165) is 17.0 Å². The lowest BCUT2D eigenvalue weighted by Crippen LogP contribution is -2.30. The third kappa shape index (κ3) is 2.44. The molecule has 1 aromatic rings. The zero-order valence-corrected chi connectivity index (χ0v) is 9.12. The fraction of sp³-hybridized carbons (Fsp3) is 0.273. The van der Waals surface area contributed by atoms with Crippen molar-refractivity contribution >= 4 is 11.9 Å². The Morgan fingerprint density at radius 3 is 2.22 bits per heavy atom. The number of nitrogens with one attached hydrogen (secondary N) is 1. The second-order valence-electron chi connectivity index (χ2n) is 3.83. The number of urea groups is 1. The van der Waals surface area contributed by atoms with Gasteiger partial charge in [0.05, 0.1) is 18.7 Å². The zero-order valence-electron chi connectivity index (χ0n) is 9.12. The van der Waals surface area contributed by atoms with Gasteiger partial charge in [0.2, 0.25) is 5.91 Å². The van der Waals surface area contributed by atoms with E-state index < -0.39 is 17.8 Å². The number of imide groups is 1. The standard InChI is InChI=1S/C11H9F3N2O2/c12-11(13,14)8-3-1-7(2-4-8)6-16-9(17)5-15-10(16)18/h1-4H,5-6H2,(H,15,18). The number of alkyl halides is 3. The van der Waals surface area contributed by atoms with Crippen molar-refractivity contribution in [1.82, 2.24) is 10.2 Å². The van der Waals surface area contributed by atoms with Crippen LogP contribution >= 0.6 is 0 Å². The molecule has 0 aliphatic carbocycles. The number of hydrogen-bond acceptors (Lipinski definition) is 2. The Bertz CT molecular complexity index is 466. The van der Waals surface area contributed by atoms with Crippen molar-refractivity contribution in [1.29, 1.82) is 0 Å². The summed E-state index contributed by atoms with van der Waals surface area (Å²) in [6.45, 7) is -0.0950. The van der Waals surface area contributed by atoms with Crippen molar-refractivity contribution in [2.75, 3.05) is 6.54 Å². The molecular formula is C11H9F3N2O2. The molecule has 0 saturated carbocycles. The summed E-state index contributed by atoms with van der Waals surface area (Å²) in [6, 6.07) is 3.82. The van der Waals surface area contributed by atoms with E-state index in [-0.39, 0.29) is 19.0 Å². The van der Waals surface area contributed by atoms with Gasteiger partial charge >= 0.3 is 12.2 Å². The van der Waals surface area contributed by atoms with Crippen LogP contribution in [0.2, 0.25) is 0 Å². The van der Waals surface area contributed by atoms with Crippen LogP contribution in [0.4, 0.5) is 18.0 Å². The van der Waals surface area contributed by atoms with E-state index in [1.807, 2.05) is 0 Å². The highest BCUT2D eigenvalue weighted by molar-refractivity contribution is 6.01. The molecule has 0 bridgehead atoms. The molecule has 4 nitrogen and oxygen atoms in total. The molecule has 0 unspecified atom stereocenters. The second kappa shape index (κ2) is 4.32. The van der Waals surface area contributed by atoms with Crippen LogP contribution in [-0.2, 0) is 17.5 Å². The molecule has 96 valence electrons. The molecule has 3 amide bonds. The van der Waals surface area contributed by atoms with Gasteiger partial charge in [0.25, 0.3) is 0 Å². The van der Waals surface area contributed by atoms with Crippen LogP contribution in [0, 0.1) is 0 Å². The van der Waals surface area contributed by atoms with Crippen molar-refractivity contribution in [3.05, 3.63) is 35.4 Å². The lowest BCUT2D eigenvalue weighted by molar-refractivity contribution is -0.137. The van der Waals surface area contributed by atoms with E-state index in [9.17, 15) is 22.8 Å². The van der Waals surface area contributed by atoms with Gasteiger partial charge < -0.3 is 5.32 Å². The summed E-state index contributed by atoms with van der Waals surface area (Å²) < 4.78 is 37.0. The second-order valence-corrected chi connectivity index (χ2v) is 3.83. The first-order valence-electron chi connectivity index (χ1n) is 5.12. The van der Waals surface area contributed by atoms with Gasteiger partial charge in [-0.1, -0.05) is 12.1 Å². The SMILES string of the molecule is O=C1CNC(=O)N1Cc1ccc(C(F)(F)F)cc1. The Morgan fingerprint density at radius 2 is 1.78 bits per heavy atom. The highest BCUT2D eigenvalue weighted by Gasteiger charge is 2.31. The van der Waals surface area contributed by atoms with Crippen molar-refractivity contribution in [2.45, 2.75) is 12.7 Å². The lowest BCUT2D eigenvalue weighted by Gasteiger charge is -2.13. The van der Waals surface area contributed by atoms with E-state index in [1.54, 1.807) is 0 Å². The Hall–Kier alpha value is -2.05. The minimum atomic E-state index is -4.39. The van der Waals surface area contributed by atoms with Crippen molar-refractivity contribution in [3.63, 3.8) is 0 Å². The van der Waals surface area contributed by atoms with Gasteiger partial charge in [-0.05, 0) is 17.7 Å². The van der Waals surface area contributed by atoms with Gasteiger partial charge in [-0.2, -0.15) is 13.2 Å².